The summed E-state index contributed by atoms with van der Waals surface area (Å²) in [5.74, 6) is -0.457. The molecule has 0 aliphatic rings. The Morgan fingerprint density at radius 3 is 2.74 bits per heavy atom. The summed E-state index contributed by atoms with van der Waals surface area (Å²) in [6.45, 7) is 3.98. The van der Waals surface area contributed by atoms with E-state index in [-0.39, 0.29) is 17.1 Å². The highest BCUT2D eigenvalue weighted by Gasteiger charge is 2.15. The highest BCUT2D eigenvalue weighted by atomic mass is 79.9. The normalized spacial score (nSPS) is 10.9. The second-order valence-corrected chi connectivity index (χ2v) is 7.35. The van der Waals surface area contributed by atoms with Gasteiger partial charge < -0.3 is 5.11 Å². The van der Waals surface area contributed by atoms with Gasteiger partial charge in [-0.05, 0) is 39.5 Å². The first-order valence-electron chi connectivity index (χ1n) is 9.10. The Morgan fingerprint density at radius 1 is 1.32 bits per heavy atom. The molecule has 3 aromatic rings. The Balaban J connectivity index is 1.67. The summed E-state index contributed by atoms with van der Waals surface area (Å²) in [4.78, 5) is 22.7. The lowest BCUT2D eigenvalue weighted by molar-refractivity contribution is -0.384. The molecule has 3 rings (SSSR count). The van der Waals surface area contributed by atoms with Crippen LogP contribution < -0.4 is 5.43 Å². The van der Waals surface area contributed by atoms with E-state index in [1.165, 1.54) is 23.0 Å². The van der Waals surface area contributed by atoms with E-state index in [0.717, 1.165) is 5.56 Å². The van der Waals surface area contributed by atoms with Crippen molar-refractivity contribution < 1.29 is 14.8 Å². The van der Waals surface area contributed by atoms with Crippen LogP contribution in [-0.4, -0.2) is 31.9 Å². The van der Waals surface area contributed by atoms with E-state index in [1.54, 1.807) is 42.6 Å². The molecule has 0 fully saturated rings. The second-order valence-electron chi connectivity index (χ2n) is 6.49. The van der Waals surface area contributed by atoms with Gasteiger partial charge in [-0.3, -0.25) is 19.6 Å². The lowest BCUT2D eigenvalue weighted by Crippen LogP contribution is -2.19. The number of aromatic hydroxyl groups is 1. The number of nitro benzene ring substituents is 1. The van der Waals surface area contributed by atoms with Crippen LogP contribution in [0.5, 0.6) is 5.75 Å². The van der Waals surface area contributed by atoms with Crippen molar-refractivity contribution in [3.8, 4) is 5.75 Å². The van der Waals surface area contributed by atoms with Crippen molar-refractivity contribution >= 4 is 33.7 Å². The second kappa shape index (κ2) is 9.81. The molecule has 0 radical (unpaired) electrons. The minimum absolute atomic E-state index is 0.00406. The number of aromatic nitrogens is 2. The molecule has 0 unspecified atom stereocenters. The number of carbonyl (C=O) groups is 1. The van der Waals surface area contributed by atoms with E-state index in [9.17, 15) is 20.0 Å². The molecule has 10 heteroatoms. The summed E-state index contributed by atoms with van der Waals surface area (Å²) < 4.78 is 2.01. The number of phenolic OH excluding ortho intramolecular Hbond substituents is 1. The third-order valence-corrected chi connectivity index (χ3v) is 4.89. The van der Waals surface area contributed by atoms with Crippen molar-refractivity contribution in [1.82, 2.24) is 15.2 Å². The van der Waals surface area contributed by atoms with Crippen molar-refractivity contribution in [3.05, 3.63) is 98.3 Å². The molecular formula is C21H18BrN5O4. The van der Waals surface area contributed by atoms with Crippen LogP contribution in [0.2, 0.25) is 0 Å². The number of hydrogen-bond acceptors (Lipinski definition) is 6. The van der Waals surface area contributed by atoms with Gasteiger partial charge in [0, 0.05) is 23.9 Å². The zero-order valence-electron chi connectivity index (χ0n) is 16.2. The Morgan fingerprint density at radius 2 is 2.06 bits per heavy atom. The third-order valence-electron chi connectivity index (χ3n) is 4.31. The zero-order chi connectivity index (χ0) is 22.4. The predicted octanol–water partition coefficient (Wildman–Crippen LogP) is 3.80. The molecule has 0 saturated carbocycles. The summed E-state index contributed by atoms with van der Waals surface area (Å²) in [6.07, 6.45) is 5.17. The molecule has 2 N–H and O–H groups in total. The largest absolute Gasteiger partial charge is 0.507 e. The zero-order valence-corrected chi connectivity index (χ0v) is 17.8. The van der Waals surface area contributed by atoms with Crippen LogP contribution >= 0.6 is 15.9 Å². The molecule has 0 spiro atoms. The standard InChI is InChI=1S/C21H18BrN5O4/c1-2-4-15-5-3-6-16(20(15)28)11-23-24-21(29)19-18(22)13-26(25-19)12-14-7-9-17(10-8-14)27(30)31/h2-3,5-11,13,28H,1,4,12H2,(H,24,29). The highest BCUT2D eigenvalue weighted by Crippen LogP contribution is 2.22. The Kier molecular flexibility index (Phi) is 6.93. The van der Waals surface area contributed by atoms with Crippen LogP contribution in [0.4, 0.5) is 5.69 Å². The lowest BCUT2D eigenvalue weighted by Gasteiger charge is -2.04. The minimum Gasteiger partial charge on any atom is -0.507 e. The summed E-state index contributed by atoms with van der Waals surface area (Å²) in [5, 5.41) is 29.1. The van der Waals surface area contributed by atoms with Crippen molar-refractivity contribution in [3.63, 3.8) is 0 Å². The maximum Gasteiger partial charge on any atom is 0.293 e. The van der Waals surface area contributed by atoms with Crippen molar-refractivity contribution in [1.29, 1.82) is 0 Å². The van der Waals surface area contributed by atoms with Crippen molar-refractivity contribution in [2.24, 2.45) is 5.10 Å². The maximum absolute atomic E-state index is 12.4. The van der Waals surface area contributed by atoms with Crippen LogP contribution in [0.15, 0.2) is 70.9 Å². The maximum atomic E-state index is 12.4. The number of benzene rings is 2. The molecule has 0 aliphatic heterocycles. The van der Waals surface area contributed by atoms with E-state index in [2.05, 4.69) is 38.1 Å². The number of non-ortho nitro benzene ring substituents is 1. The first kappa shape index (κ1) is 21.9. The van der Waals surface area contributed by atoms with Crippen LogP contribution in [0.25, 0.3) is 0 Å². The van der Waals surface area contributed by atoms with Crippen LogP contribution in [0.3, 0.4) is 0 Å². The van der Waals surface area contributed by atoms with Gasteiger partial charge in [0.05, 0.1) is 22.2 Å². The van der Waals surface area contributed by atoms with Gasteiger partial charge in [-0.15, -0.1) is 6.58 Å². The number of amides is 1. The molecule has 1 amide bonds. The fraction of sp³-hybridized carbons (Fsp3) is 0.0952. The lowest BCUT2D eigenvalue weighted by atomic mass is 10.1. The summed E-state index contributed by atoms with van der Waals surface area (Å²) in [6, 6.07) is 11.3. The molecule has 0 atom stereocenters. The SMILES string of the molecule is C=CCc1cccc(C=NNC(=O)c2nn(Cc3ccc([N+](=O)[O-])cc3)cc2Br)c1O. The minimum atomic E-state index is -0.535. The fourth-order valence-corrected chi connectivity index (χ4v) is 3.29. The molecule has 9 nitrogen and oxygen atoms in total. The number of hydrogen-bond donors (Lipinski definition) is 2. The van der Waals surface area contributed by atoms with E-state index < -0.39 is 10.8 Å². The van der Waals surface area contributed by atoms with Crippen molar-refractivity contribution in [2.75, 3.05) is 0 Å². The molecule has 0 saturated heterocycles. The van der Waals surface area contributed by atoms with Crippen LogP contribution in [0, 0.1) is 10.1 Å². The highest BCUT2D eigenvalue weighted by molar-refractivity contribution is 9.10. The monoisotopic (exact) mass is 483 g/mol. The summed E-state index contributed by atoms with van der Waals surface area (Å²) in [5.41, 5.74) is 4.47. The summed E-state index contributed by atoms with van der Waals surface area (Å²) >= 11 is 3.30. The van der Waals surface area contributed by atoms with Gasteiger partial charge in [-0.25, -0.2) is 5.43 Å². The number of nitrogens with zero attached hydrogens (tertiary/aromatic N) is 4. The molecule has 1 heterocycles. The number of nitro groups is 1. The molecule has 1 aromatic heterocycles. The van der Waals surface area contributed by atoms with Gasteiger partial charge in [0.15, 0.2) is 5.69 Å². The molecule has 158 valence electrons. The van der Waals surface area contributed by atoms with Crippen LogP contribution in [0.1, 0.15) is 27.2 Å². The first-order chi connectivity index (χ1) is 14.9. The van der Waals surface area contributed by atoms with E-state index >= 15 is 0 Å². The number of rotatable bonds is 8. The number of phenols is 1. The van der Waals surface area contributed by atoms with E-state index in [1.807, 2.05) is 0 Å². The molecule has 0 bridgehead atoms. The number of para-hydroxylation sites is 1. The van der Waals surface area contributed by atoms with Gasteiger partial charge in [0.2, 0.25) is 0 Å². The van der Waals surface area contributed by atoms with E-state index in [4.69, 9.17) is 0 Å². The average Bonchev–Trinajstić information content (AvgIpc) is 3.11. The Bertz CT molecular complexity index is 1160. The number of hydrazone groups is 1. The Labute approximate surface area is 186 Å². The third kappa shape index (κ3) is 5.43. The summed E-state index contributed by atoms with van der Waals surface area (Å²) in [7, 11) is 0. The molecule has 2 aromatic carbocycles. The Hall–Kier alpha value is -3.79. The molecule has 31 heavy (non-hydrogen) atoms. The van der Waals surface area contributed by atoms with Crippen LogP contribution in [-0.2, 0) is 13.0 Å². The number of nitrogens with one attached hydrogen (secondary N) is 1. The smallest absolute Gasteiger partial charge is 0.293 e. The average molecular weight is 484 g/mol. The van der Waals surface area contributed by atoms with Gasteiger partial charge in [0.1, 0.15) is 5.75 Å². The van der Waals surface area contributed by atoms with Gasteiger partial charge in [-0.1, -0.05) is 30.3 Å². The van der Waals surface area contributed by atoms with Gasteiger partial charge in [-0.2, -0.15) is 10.2 Å². The fourth-order valence-electron chi connectivity index (χ4n) is 2.79. The quantitative estimate of drug-likeness (QED) is 0.218. The number of carbonyl (C=O) groups excluding carboxylic acids is 1. The predicted molar refractivity (Wildman–Crippen MR) is 119 cm³/mol. The van der Waals surface area contributed by atoms with Gasteiger partial charge in [0.25, 0.3) is 11.6 Å². The van der Waals surface area contributed by atoms with Crippen molar-refractivity contribution in [2.45, 2.75) is 13.0 Å². The molecule has 0 aliphatic carbocycles. The molecular weight excluding hydrogens is 466 g/mol. The van der Waals surface area contributed by atoms with E-state index in [0.29, 0.717) is 28.6 Å². The topological polar surface area (TPSA) is 123 Å². The van der Waals surface area contributed by atoms with Gasteiger partial charge >= 0.3 is 0 Å². The number of allylic oxidation sites excluding steroid dienone is 1. The number of halogens is 1. The first-order valence-corrected chi connectivity index (χ1v) is 9.89.